The van der Waals surface area contributed by atoms with Crippen LogP contribution in [0.25, 0.3) is 10.8 Å². The van der Waals surface area contributed by atoms with Gasteiger partial charge >= 0.3 is 0 Å². The van der Waals surface area contributed by atoms with Crippen LogP contribution in [-0.4, -0.2) is 29.6 Å². The molecule has 2 rings (SSSR count). The van der Waals surface area contributed by atoms with Crippen molar-refractivity contribution in [3.05, 3.63) is 48.0 Å². The molecule has 0 saturated carbocycles. The van der Waals surface area contributed by atoms with Crippen molar-refractivity contribution in [1.29, 1.82) is 0 Å². The zero-order chi connectivity index (χ0) is 13.7. The van der Waals surface area contributed by atoms with Crippen molar-refractivity contribution in [2.45, 2.75) is 26.4 Å². The van der Waals surface area contributed by atoms with Gasteiger partial charge in [-0.1, -0.05) is 56.3 Å². The SMILES string of the molecule is CCN(CC)CC[C@H](O)c1cccc2ccccc12. The van der Waals surface area contributed by atoms with Gasteiger partial charge in [0.25, 0.3) is 0 Å². The lowest BCUT2D eigenvalue weighted by Gasteiger charge is -2.21. The first kappa shape index (κ1) is 14.0. The van der Waals surface area contributed by atoms with Crippen LogP contribution in [0.5, 0.6) is 0 Å². The topological polar surface area (TPSA) is 23.5 Å². The van der Waals surface area contributed by atoms with Gasteiger partial charge in [0.05, 0.1) is 6.10 Å². The van der Waals surface area contributed by atoms with E-state index in [1.807, 2.05) is 24.3 Å². The highest BCUT2D eigenvalue weighted by atomic mass is 16.3. The summed E-state index contributed by atoms with van der Waals surface area (Å²) in [5.41, 5.74) is 1.05. The number of aliphatic hydroxyl groups excluding tert-OH is 1. The molecule has 0 saturated heterocycles. The van der Waals surface area contributed by atoms with Crippen molar-refractivity contribution in [3.63, 3.8) is 0 Å². The number of nitrogens with zero attached hydrogens (tertiary/aromatic N) is 1. The largest absolute Gasteiger partial charge is 0.388 e. The van der Waals surface area contributed by atoms with E-state index in [2.05, 4.69) is 36.9 Å². The van der Waals surface area contributed by atoms with Crippen LogP contribution in [0.2, 0.25) is 0 Å². The molecule has 2 aromatic rings. The maximum atomic E-state index is 10.4. The first-order valence-electron chi connectivity index (χ1n) is 7.14. The summed E-state index contributed by atoms with van der Waals surface area (Å²) in [6.07, 6.45) is 0.405. The van der Waals surface area contributed by atoms with Crippen LogP contribution < -0.4 is 0 Å². The maximum absolute atomic E-state index is 10.4. The van der Waals surface area contributed by atoms with Crippen molar-refractivity contribution in [2.75, 3.05) is 19.6 Å². The minimum atomic E-state index is -0.383. The summed E-state index contributed by atoms with van der Waals surface area (Å²) in [4.78, 5) is 2.34. The molecule has 0 aliphatic carbocycles. The minimum Gasteiger partial charge on any atom is -0.388 e. The van der Waals surface area contributed by atoms with Gasteiger partial charge in [0, 0.05) is 6.54 Å². The summed E-state index contributed by atoms with van der Waals surface area (Å²) in [6, 6.07) is 14.4. The molecule has 0 amide bonds. The van der Waals surface area contributed by atoms with Crippen LogP contribution in [0.15, 0.2) is 42.5 Å². The Hall–Kier alpha value is -1.38. The molecule has 102 valence electrons. The van der Waals surface area contributed by atoms with Crippen molar-refractivity contribution in [1.82, 2.24) is 4.90 Å². The molecule has 0 unspecified atom stereocenters. The van der Waals surface area contributed by atoms with Gasteiger partial charge in [-0.25, -0.2) is 0 Å². The average Bonchev–Trinajstić information content (AvgIpc) is 2.47. The predicted octanol–water partition coefficient (Wildman–Crippen LogP) is 3.61. The first-order valence-corrected chi connectivity index (χ1v) is 7.14. The van der Waals surface area contributed by atoms with Crippen LogP contribution >= 0.6 is 0 Å². The van der Waals surface area contributed by atoms with Gasteiger partial charge in [0.1, 0.15) is 0 Å². The van der Waals surface area contributed by atoms with E-state index in [0.717, 1.165) is 37.0 Å². The highest BCUT2D eigenvalue weighted by Crippen LogP contribution is 2.26. The maximum Gasteiger partial charge on any atom is 0.0808 e. The summed E-state index contributed by atoms with van der Waals surface area (Å²) >= 11 is 0. The molecular formula is C17H23NO. The van der Waals surface area contributed by atoms with Crippen molar-refractivity contribution >= 4 is 10.8 Å². The molecule has 0 spiro atoms. The Morgan fingerprint density at radius 3 is 2.42 bits per heavy atom. The second-order valence-electron chi connectivity index (χ2n) is 4.90. The van der Waals surface area contributed by atoms with Crippen LogP contribution in [0.3, 0.4) is 0 Å². The van der Waals surface area contributed by atoms with Crippen molar-refractivity contribution in [2.24, 2.45) is 0 Å². The Morgan fingerprint density at radius 2 is 1.68 bits per heavy atom. The van der Waals surface area contributed by atoms with E-state index < -0.39 is 0 Å². The van der Waals surface area contributed by atoms with Crippen LogP contribution in [0.1, 0.15) is 31.9 Å². The lowest BCUT2D eigenvalue weighted by atomic mass is 9.98. The number of hydrogen-bond donors (Lipinski definition) is 1. The number of fused-ring (bicyclic) bond motifs is 1. The first-order chi connectivity index (χ1) is 9.26. The number of rotatable bonds is 6. The van der Waals surface area contributed by atoms with Gasteiger partial charge in [-0.2, -0.15) is 0 Å². The highest BCUT2D eigenvalue weighted by Gasteiger charge is 2.12. The fourth-order valence-corrected chi connectivity index (χ4v) is 2.54. The quantitative estimate of drug-likeness (QED) is 0.854. The van der Waals surface area contributed by atoms with E-state index in [1.165, 1.54) is 5.39 Å². The summed E-state index contributed by atoms with van der Waals surface area (Å²) in [5.74, 6) is 0. The summed E-state index contributed by atoms with van der Waals surface area (Å²) in [7, 11) is 0. The lowest BCUT2D eigenvalue weighted by molar-refractivity contribution is 0.146. The number of hydrogen-bond acceptors (Lipinski definition) is 2. The Morgan fingerprint density at radius 1 is 1.00 bits per heavy atom. The Balaban J connectivity index is 2.15. The molecular weight excluding hydrogens is 234 g/mol. The van der Waals surface area contributed by atoms with E-state index >= 15 is 0 Å². The third-order valence-electron chi connectivity index (χ3n) is 3.80. The molecule has 1 atom stereocenters. The fraction of sp³-hybridized carbons (Fsp3) is 0.412. The summed E-state index contributed by atoms with van der Waals surface area (Å²) < 4.78 is 0. The molecule has 0 bridgehead atoms. The van der Waals surface area contributed by atoms with Crippen molar-refractivity contribution in [3.8, 4) is 0 Å². The van der Waals surface area contributed by atoms with Crippen LogP contribution in [0.4, 0.5) is 0 Å². The molecule has 19 heavy (non-hydrogen) atoms. The predicted molar refractivity (Wildman–Crippen MR) is 81.3 cm³/mol. The van der Waals surface area contributed by atoms with Gasteiger partial charge in [-0.05, 0) is 35.8 Å². The van der Waals surface area contributed by atoms with E-state index in [1.54, 1.807) is 0 Å². The van der Waals surface area contributed by atoms with E-state index in [-0.39, 0.29) is 6.10 Å². The van der Waals surface area contributed by atoms with Crippen LogP contribution in [0, 0.1) is 0 Å². The molecule has 0 radical (unpaired) electrons. The third kappa shape index (κ3) is 3.34. The zero-order valence-corrected chi connectivity index (χ0v) is 11.8. The zero-order valence-electron chi connectivity index (χ0n) is 11.8. The Kier molecular flexibility index (Phi) is 4.94. The molecule has 0 aliphatic rings. The van der Waals surface area contributed by atoms with Gasteiger partial charge < -0.3 is 10.0 Å². The van der Waals surface area contributed by atoms with Crippen LogP contribution in [-0.2, 0) is 0 Å². The van der Waals surface area contributed by atoms with E-state index in [0.29, 0.717) is 0 Å². The number of aliphatic hydroxyl groups is 1. The third-order valence-corrected chi connectivity index (χ3v) is 3.80. The van der Waals surface area contributed by atoms with Gasteiger partial charge in [-0.15, -0.1) is 0 Å². The molecule has 2 heteroatoms. The van der Waals surface area contributed by atoms with Crippen molar-refractivity contribution < 1.29 is 5.11 Å². The second-order valence-corrected chi connectivity index (χ2v) is 4.90. The second kappa shape index (κ2) is 6.69. The minimum absolute atomic E-state index is 0.383. The Bertz CT molecular complexity index is 514. The molecule has 2 nitrogen and oxygen atoms in total. The molecule has 0 fully saturated rings. The van der Waals surface area contributed by atoms with Gasteiger partial charge in [0.2, 0.25) is 0 Å². The summed E-state index contributed by atoms with van der Waals surface area (Å²) in [5, 5.41) is 12.8. The van der Waals surface area contributed by atoms with E-state index in [9.17, 15) is 5.11 Å². The summed E-state index contributed by atoms with van der Waals surface area (Å²) in [6.45, 7) is 7.34. The molecule has 0 aromatic heterocycles. The molecule has 1 N–H and O–H groups in total. The molecule has 0 heterocycles. The standard InChI is InChI=1S/C17H23NO/c1-3-18(4-2)13-12-17(19)16-11-7-9-14-8-5-6-10-15(14)16/h5-11,17,19H,3-4,12-13H2,1-2H3/t17-/m0/s1. The Labute approximate surface area is 115 Å². The molecule has 0 aliphatic heterocycles. The van der Waals surface area contributed by atoms with Gasteiger partial charge in [-0.3, -0.25) is 0 Å². The smallest absolute Gasteiger partial charge is 0.0808 e. The van der Waals surface area contributed by atoms with E-state index in [4.69, 9.17) is 0 Å². The monoisotopic (exact) mass is 257 g/mol. The average molecular weight is 257 g/mol. The lowest BCUT2D eigenvalue weighted by Crippen LogP contribution is -2.25. The van der Waals surface area contributed by atoms with Gasteiger partial charge in [0.15, 0.2) is 0 Å². The number of benzene rings is 2. The molecule has 2 aromatic carbocycles. The fourth-order valence-electron chi connectivity index (χ4n) is 2.54. The highest BCUT2D eigenvalue weighted by molar-refractivity contribution is 5.85. The normalized spacial score (nSPS) is 13.1.